The van der Waals surface area contributed by atoms with Crippen LogP contribution < -0.4 is 0 Å². The molecule has 0 aromatic rings. The number of allylic oxidation sites excluding steroid dienone is 9. The van der Waals surface area contributed by atoms with Crippen LogP contribution in [0.1, 0.15) is 47.0 Å². The molecule has 1 rings (SSSR count). The van der Waals surface area contributed by atoms with Crippen LogP contribution in [0.5, 0.6) is 0 Å². The molecule has 0 fully saturated rings. The normalized spacial score (nSPS) is 22.4. The molecule has 20 heavy (non-hydrogen) atoms. The van der Waals surface area contributed by atoms with Crippen LogP contribution in [0.2, 0.25) is 0 Å². The summed E-state index contributed by atoms with van der Waals surface area (Å²) in [5, 5.41) is 8.78. The molecule has 1 atom stereocenters. The van der Waals surface area contributed by atoms with Crippen LogP contribution in [-0.4, -0.2) is 11.7 Å². The summed E-state index contributed by atoms with van der Waals surface area (Å²) in [5.74, 6) is 0.693. The van der Waals surface area contributed by atoms with Crippen molar-refractivity contribution in [1.29, 1.82) is 0 Å². The van der Waals surface area contributed by atoms with Gasteiger partial charge in [-0.1, -0.05) is 60.1 Å². The van der Waals surface area contributed by atoms with Gasteiger partial charge in [-0.3, -0.25) is 0 Å². The van der Waals surface area contributed by atoms with Crippen LogP contribution in [0.3, 0.4) is 0 Å². The Morgan fingerprint density at radius 2 is 2.00 bits per heavy atom. The predicted molar refractivity (Wildman–Crippen MR) is 88.6 cm³/mol. The van der Waals surface area contributed by atoms with Crippen molar-refractivity contribution >= 4 is 0 Å². The number of hydrogen-bond donors (Lipinski definition) is 1. The smallest absolute Gasteiger partial charge is 0.0617 e. The zero-order valence-corrected chi connectivity index (χ0v) is 13.3. The predicted octanol–water partition coefficient (Wildman–Crippen LogP) is 5.12. The Balaban J connectivity index is 2.67. The summed E-state index contributed by atoms with van der Waals surface area (Å²) in [4.78, 5) is 0. The SMILES string of the molecule is CC1=C(/C=C/C(C)=C/C=C/C(C)=C/CO)C(C)CCC1. The summed E-state index contributed by atoms with van der Waals surface area (Å²) in [6, 6.07) is 0. The van der Waals surface area contributed by atoms with Crippen LogP contribution in [0, 0.1) is 5.92 Å². The first kappa shape index (κ1) is 16.7. The van der Waals surface area contributed by atoms with Gasteiger partial charge >= 0.3 is 0 Å². The fraction of sp³-hybridized carbons (Fsp3) is 0.474. The van der Waals surface area contributed by atoms with Gasteiger partial charge in [-0.25, -0.2) is 0 Å². The zero-order valence-electron chi connectivity index (χ0n) is 13.3. The van der Waals surface area contributed by atoms with E-state index in [0.717, 1.165) is 5.57 Å². The van der Waals surface area contributed by atoms with E-state index in [4.69, 9.17) is 5.11 Å². The maximum atomic E-state index is 8.78. The third-order valence-electron chi connectivity index (χ3n) is 3.87. The molecule has 1 nitrogen and oxygen atoms in total. The monoisotopic (exact) mass is 272 g/mol. The van der Waals surface area contributed by atoms with Gasteiger partial charge in [0.15, 0.2) is 0 Å². The Morgan fingerprint density at radius 3 is 2.65 bits per heavy atom. The molecular weight excluding hydrogens is 244 g/mol. The van der Waals surface area contributed by atoms with E-state index in [2.05, 4.69) is 39.0 Å². The lowest BCUT2D eigenvalue weighted by molar-refractivity contribution is 0.342. The second-order valence-corrected chi connectivity index (χ2v) is 5.76. The van der Waals surface area contributed by atoms with Gasteiger partial charge in [-0.05, 0) is 51.5 Å². The van der Waals surface area contributed by atoms with Crippen LogP contribution >= 0.6 is 0 Å². The molecule has 0 aromatic heterocycles. The van der Waals surface area contributed by atoms with E-state index in [1.165, 1.54) is 30.4 Å². The van der Waals surface area contributed by atoms with Gasteiger partial charge in [-0.15, -0.1) is 0 Å². The van der Waals surface area contributed by atoms with Gasteiger partial charge in [-0.2, -0.15) is 0 Å². The molecule has 1 aliphatic carbocycles. The molecule has 0 amide bonds. The third kappa shape index (κ3) is 5.75. The lowest BCUT2D eigenvalue weighted by Crippen LogP contribution is -2.06. The summed E-state index contributed by atoms with van der Waals surface area (Å²) >= 11 is 0. The lowest BCUT2D eigenvalue weighted by atomic mass is 9.84. The second kappa shape index (κ2) is 8.76. The van der Waals surface area contributed by atoms with Crippen LogP contribution in [0.15, 0.2) is 58.7 Å². The van der Waals surface area contributed by atoms with Crippen molar-refractivity contribution in [2.75, 3.05) is 6.61 Å². The van der Waals surface area contributed by atoms with E-state index in [1.54, 1.807) is 11.6 Å². The van der Waals surface area contributed by atoms with Gasteiger partial charge in [0.1, 0.15) is 0 Å². The second-order valence-electron chi connectivity index (χ2n) is 5.76. The maximum absolute atomic E-state index is 8.78. The minimum absolute atomic E-state index is 0.101. The molecule has 110 valence electrons. The molecule has 0 heterocycles. The molecule has 0 spiro atoms. The molecule has 0 bridgehead atoms. The maximum Gasteiger partial charge on any atom is 0.0617 e. The topological polar surface area (TPSA) is 20.2 Å². The van der Waals surface area contributed by atoms with Gasteiger partial charge in [0.25, 0.3) is 0 Å². The van der Waals surface area contributed by atoms with Crippen molar-refractivity contribution in [1.82, 2.24) is 0 Å². The molecule has 0 radical (unpaired) electrons. The van der Waals surface area contributed by atoms with Crippen molar-refractivity contribution in [2.45, 2.75) is 47.0 Å². The molecule has 0 aromatic carbocycles. The van der Waals surface area contributed by atoms with Crippen molar-refractivity contribution < 1.29 is 5.11 Å². The van der Waals surface area contributed by atoms with Crippen LogP contribution in [0.4, 0.5) is 0 Å². The molecule has 0 aliphatic heterocycles. The molecule has 1 aliphatic rings. The Bertz CT molecular complexity index is 458. The first-order chi connectivity index (χ1) is 9.54. The van der Waals surface area contributed by atoms with Crippen LogP contribution in [-0.2, 0) is 0 Å². The Hall–Kier alpha value is -1.34. The number of hydrogen-bond acceptors (Lipinski definition) is 1. The Labute approximate surface area is 124 Å². The highest BCUT2D eigenvalue weighted by atomic mass is 16.2. The quantitative estimate of drug-likeness (QED) is 0.689. The van der Waals surface area contributed by atoms with Gasteiger partial charge < -0.3 is 5.11 Å². The van der Waals surface area contributed by atoms with E-state index in [-0.39, 0.29) is 6.61 Å². The van der Waals surface area contributed by atoms with E-state index in [1.807, 2.05) is 19.1 Å². The number of aliphatic hydroxyl groups excluding tert-OH is 1. The van der Waals surface area contributed by atoms with Gasteiger partial charge in [0.2, 0.25) is 0 Å². The average molecular weight is 272 g/mol. The first-order valence-electron chi connectivity index (χ1n) is 7.55. The minimum atomic E-state index is 0.101. The summed E-state index contributed by atoms with van der Waals surface area (Å²) in [5.41, 5.74) is 5.39. The molecule has 1 N–H and O–H groups in total. The average Bonchev–Trinajstić information content (AvgIpc) is 2.38. The fourth-order valence-corrected chi connectivity index (χ4v) is 2.54. The van der Waals surface area contributed by atoms with E-state index < -0.39 is 0 Å². The van der Waals surface area contributed by atoms with Crippen molar-refractivity contribution in [3.8, 4) is 0 Å². The minimum Gasteiger partial charge on any atom is -0.392 e. The van der Waals surface area contributed by atoms with E-state index >= 15 is 0 Å². The third-order valence-corrected chi connectivity index (χ3v) is 3.87. The number of rotatable bonds is 5. The number of aliphatic hydroxyl groups is 1. The van der Waals surface area contributed by atoms with Gasteiger partial charge in [0.05, 0.1) is 6.61 Å². The van der Waals surface area contributed by atoms with E-state index in [0.29, 0.717) is 5.92 Å². The first-order valence-corrected chi connectivity index (χ1v) is 7.55. The summed E-state index contributed by atoms with van der Waals surface area (Å²) < 4.78 is 0. The molecule has 0 saturated carbocycles. The Kier molecular flexibility index (Phi) is 7.32. The molecule has 1 unspecified atom stereocenters. The fourth-order valence-electron chi connectivity index (χ4n) is 2.54. The van der Waals surface area contributed by atoms with Crippen molar-refractivity contribution in [3.63, 3.8) is 0 Å². The van der Waals surface area contributed by atoms with E-state index in [9.17, 15) is 0 Å². The summed E-state index contributed by atoms with van der Waals surface area (Å²) in [6.07, 6.45) is 16.3. The largest absolute Gasteiger partial charge is 0.392 e. The molecular formula is C19H28O. The zero-order chi connectivity index (χ0) is 15.0. The summed E-state index contributed by atoms with van der Waals surface area (Å²) in [7, 11) is 0. The lowest BCUT2D eigenvalue weighted by Gasteiger charge is -2.22. The van der Waals surface area contributed by atoms with Crippen LogP contribution in [0.25, 0.3) is 0 Å². The molecule has 0 saturated heterocycles. The standard InChI is InChI=1S/C19H28O/c1-15(7-5-8-16(2)13-14-20)11-12-19-17(3)9-6-10-18(19)4/h5,7-8,11-13,17,20H,6,9-10,14H2,1-4H3/b8-5+,12-11+,15-7+,16-13+. The molecule has 1 heteroatoms. The highest BCUT2D eigenvalue weighted by molar-refractivity contribution is 5.34. The highest BCUT2D eigenvalue weighted by Crippen LogP contribution is 2.30. The van der Waals surface area contributed by atoms with Crippen molar-refractivity contribution in [3.05, 3.63) is 58.7 Å². The van der Waals surface area contributed by atoms with Gasteiger partial charge in [0, 0.05) is 0 Å². The Morgan fingerprint density at radius 1 is 1.25 bits per heavy atom. The summed E-state index contributed by atoms with van der Waals surface area (Å²) in [6.45, 7) is 8.80. The van der Waals surface area contributed by atoms with Crippen molar-refractivity contribution in [2.24, 2.45) is 5.92 Å². The highest BCUT2D eigenvalue weighted by Gasteiger charge is 2.14.